The number of unbranched alkanes of at least 4 members (excludes halogenated alkanes) is 2. The minimum Gasteiger partial charge on any atom is -0.494 e. The van der Waals surface area contributed by atoms with Crippen LogP contribution >= 0.6 is 0 Å². The molecule has 2 rings (SSSR count). The van der Waals surface area contributed by atoms with Gasteiger partial charge in [-0.2, -0.15) is 5.10 Å². The van der Waals surface area contributed by atoms with Crippen LogP contribution in [0.1, 0.15) is 99.6 Å². The van der Waals surface area contributed by atoms with E-state index in [9.17, 15) is 9.18 Å². The summed E-state index contributed by atoms with van der Waals surface area (Å²) in [4.78, 5) is 11.3. The molecule has 0 bridgehead atoms. The maximum Gasteiger partial charge on any atom is 0.165 e. The van der Waals surface area contributed by atoms with Crippen molar-refractivity contribution in [1.29, 1.82) is 0 Å². The van der Waals surface area contributed by atoms with Crippen molar-refractivity contribution < 1.29 is 13.9 Å². The summed E-state index contributed by atoms with van der Waals surface area (Å²) in [6.07, 6.45) is 13.0. The van der Waals surface area contributed by atoms with Crippen LogP contribution in [-0.4, -0.2) is 22.7 Å². The van der Waals surface area contributed by atoms with Gasteiger partial charge in [0.2, 0.25) is 0 Å². The Morgan fingerprint density at radius 2 is 1.59 bits per heavy atom. The smallest absolute Gasteiger partial charge is 0.165 e. The number of nitrogens with zero attached hydrogens (tertiary/aromatic N) is 2. The van der Waals surface area contributed by atoms with E-state index in [0.717, 1.165) is 11.3 Å². The first kappa shape index (κ1) is 36.2. The molecule has 0 atom stereocenters. The van der Waals surface area contributed by atoms with E-state index in [4.69, 9.17) is 4.74 Å². The van der Waals surface area contributed by atoms with E-state index < -0.39 is 5.82 Å². The van der Waals surface area contributed by atoms with Crippen LogP contribution in [0.25, 0.3) is 11.3 Å². The number of hydrogen-bond donors (Lipinski definition) is 0. The second kappa shape index (κ2) is 22.3. The molecule has 0 saturated heterocycles. The van der Waals surface area contributed by atoms with Gasteiger partial charge in [0.05, 0.1) is 19.3 Å². The minimum atomic E-state index is -0.409. The highest BCUT2D eigenvalue weighted by atomic mass is 19.1. The fraction of sp³-hybridized carbons (Fsp3) is 0.500. The molecule has 0 fully saturated rings. The Balaban J connectivity index is 0. The summed E-state index contributed by atoms with van der Waals surface area (Å²) in [5.41, 5.74) is 3.75. The van der Waals surface area contributed by atoms with Gasteiger partial charge < -0.3 is 4.74 Å². The fourth-order valence-corrected chi connectivity index (χ4v) is 2.52. The third-order valence-electron chi connectivity index (χ3n) is 4.90. The number of halogens is 1. The van der Waals surface area contributed by atoms with Crippen molar-refractivity contribution in [3.8, 4) is 17.0 Å². The first-order chi connectivity index (χ1) is 17.5. The summed E-state index contributed by atoms with van der Waals surface area (Å²) >= 11 is 0. The van der Waals surface area contributed by atoms with E-state index in [0.29, 0.717) is 5.69 Å². The molecule has 0 radical (unpaired) electrons. The van der Waals surface area contributed by atoms with Gasteiger partial charge in [0, 0.05) is 11.3 Å². The van der Waals surface area contributed by atoms with Crippen LogP contribution in [0.3, 0.4) is 0 Å². The van der Waals surface area contributed by atoms with Crippen molar-refractivity contribution >= 4 is 5.78 Å². The number of ether oxygens (including phenoxy) is 1. The number of hydrogen-bond acceptors (Lipinski definition) is 3. The molecule has 0 aliphatic rings. The first-order valence-electron chi connectivity index (χ1n) is 13.4. The quantitative estimate of drug-likeness (QED) is 0.313. The lowest BCUT2D eigenvalue weighted by molar-refractivity contribution is -0.117. The second-order valence-corrected chi connectivity index (χ2v) is 9.18. The van der Waals surface area contributed by atoms with E-state index in [-0.39, 0.29) is 24.0 Å². The molecule has 0 unspecified atom stereocenters. The van der Waals surface area contributed by atoms with Crippen molar-refractivity contribution in [2.75, 3.05) is 7.11 Å². The van der Waals surface area contributed by atoms with E-state index in [1.54, 1.807) is 22.9 Å². The maximum absolute atomic E-state index is 13.5. The predicted octanol–water partition coefficient (Wildman–Crippen LogP) is 9.72. The molecule has 0 aliphatic heterocycles. The molecule has 0 N–H and O–H groups in total. The Labute approximate surface area is 226 Å². The molecule has 2 aromatic rings. The van der Waals surface area contributed by atoms with Crippen molar-refractivity contribution in [3.05, 3.63) is 72.2 Å². The summed E-state index contributed by atoms with van der Waals surface area (Å²) in [6.45, 7) is 22.3. The molecule has 0 saturated carbocycles. The van der Waals surface area contributed by atoms with Crippen molar-refractivity contribution in [2.24, 2.45) is 0 Å². The topological polar surface area (TPSA) is 44.1 Å². The second-order valence-electron chi connectivity index (χ2n) is 9.18. The monoisotopic (exact) mass is 514 g/mol. The normalized spacial score (nSPS) is 9.84. The van der Waals surface area contributed by atoms with Crippen LogP contribution in [0.5, 0.6) is 5.75 Å². The van der Waals surface area contributed by atoms with Gasteiger partial charge in [0.25, 0.3) is 0 Å². The highest BCUT2D eigenvalue weighted by Crippen LogP contribution is 2.28. The van der Waals surface area contributed by atoms with E-state index in [1.807, 2.05) is 38.1 Å². The molecule has 208 valence electrons. The zero-order valence-corrected chi connectivity index (χ0v) is 25.0. The average Bonchev–Trinajstić information content (AvgIpc) is 3.28. The molecular weight excluding hydrogens is 463 g/mol. The number of rotatable bonds is 9. The number of methoxy groups -OCH3 is 1. The summed E-state index contributed by atoms with van der Waals surface area (Å²) < 4.78 is 20.2. The number of benzene rings is 1. The van der Waals surface area contributed by atoms with Crippen molar-refractivity contribution in [2.45, 2.75) is 100 Å². The summed E-state index contributed by atoms with van der Waals surface area (Å²) in [7, 11) is 1.43. The number of allylic oxidation sites excluding steroid dienone is 5. The number of ketones is 1. The van der Waals surface area contributed by atoms with Crippen LogP contribution in [0, 0.1) is 5.82 Å². The largest absolute Gasteiger partial charge is 0.494 e. The van der Waals surface area contributed by atoms with E-state index >= 15 is 0 Å². The molecule has 4 nitrogen and oxygen atoms in total. The van der Waals surface area contributed by atoms with Crippen LogP contribution < -0.4 is 4.74 Å². The summed E-state index contributed by atoms with van der Waals surface area (Å²) in [6, 6.07) is 6.55. The molecular formula is C32H51FN2O2. The zero-order valence-electron chi connectivity index (χ0n) is 25.0. The Kier molecular flexibility index (Phi) is 21.8. The van der Waals surface area contributed by atoms with E-state index in [2.05, 4.69) is 53.2 Å². The van der Waals surface area contributed by atoms with Gasteiger partial charge in [-0.25, -0.2) is 4.39 Å². The lowest BCUT2D eigenvalue weighted by Gasteiger charge is -2.07. The Bertz CT molecular complexity index is 944. The maximum atomic E-state index is 13.5. The molecule has 0 aliphatic carbocycles. The van der Waals surface area contributed by atoms with Crippen molar-refractivity contribution in [1.82, 2.24) is 9.78 Å². The molecule has 37 heavy (non-hydrogen) atoms. The molecule has 5 heteroatoms. The average molecular weight is 515 g/mol. The molecule has 0 amide bonds. The van der Waals surface area contributed by atoms with Gasteiger partial charge in [-0.15, -0.1) is 0 Å². The molecule has 0 spiro atoms. The minimum absolute atomic E-state index is 0.0447. The van der Waals surface area contributed by atoms with Gasteiger partial charge >= 0.3 is 0 Å². The number of carbonyl (C=O) groups is 1. The summed E-state index contributed by atoms with van der Waals surface area (Å²) in [5, 5.41) is 4.46. The standard InChI is InChI=1S/C16H19FN2O2.C8H12.2C4H10/c1-10(2)15-8-14(18-19(15)9-11(3)20)12-5-6-13(17)16(7-12)21-4;1-4-5-6-7-8(2)3;2*1-3-4-2/h5-8,10H,9H2,1-4H3;4-7H,1H2,2-3H3;2*3-4H2,1-2H3/b;6-5-;;. The van der Waals surface area contributed by atoms with E-state index in [1.165, 1.54) is 51.4 Å². The highest BCUT2D eigenvalue weighted by Gasteiger charge is 2.15. The van der Waals surface area contributed by atoms with Crippen LogP contribution in [0.2, 0.25) is 0 Å². The highest BCUT2D eigenvalue weighted by molar-refractivity contribution is 5.75. The molecule has 1 aromatic carbocycles. The first-order valence-corrected chi connectivity index (χ1v) is 13.4. The SMILES string of the molecule is C=C/C=C\C=C(C)C.CCCC.CCCC.COc1cc(-c2cc(C(C)C)n(CC(C)=O)n2)ccc1F. The van der Waals surface area contributed by atoms with Crippen LogP contribution in [0.4, 0.5) is 4.39 Å². The zero-order chi connectivity index (χ0) is 28.8. The number of carbonyl (C=O) groups excluding carboxylic acids is 1. The van der Waals surface area contributed by atoms with Gasteiger partial charge in [0.15, 0.2) is 17.3 Å². The summed E-state index contributed by atoms with van der Waals surface area (Å²) in [5.74, 6) is 0.0596. The lowest BCUT2D eigenvalue weighted by atomic mass is 10.1. The Morgan fingerprint density at radius 3 is 2.00 bits per heavy atom. The molecule has 1 heterocycles. The molecule has 1 aromatic heterocycles. The fourth-order valence-electron chi connectivity index (χ4n) is 2.52. The lowest BCUT2D eigenvalue weighted by Crippen LogP contribution is -2.11. The predicted molar refractivity (Wildman–Crippen MR) is 159 cm³/mol. The van der Waals surface area contributed by atoms with Gasteiger partial charge in [-0.3, -0.25) is 9.48 Å². The van der Waals surface area contributed by atoms with Gasteiger partial charge in [0.1, 0.15) is 0 Å². The number of aromatic nitrogens is 2. The third kappa shape index (κ3) is 17.2. The van der Waals surface area contributed by atoms with Gasteiger partial charge in [-0.05, 0) is 51.0 Å². The number of Topliss-reactive ketones (excluding diaryl/α,β-unsaturated/α-hetero) is 1. The van der Waals surface area contributed by atoms with Gasteiger partial charge in [-0.1, -0.05) is 104 Å². The Morgan fingerprint density at radius 1 is 1.03 bits per heavy atom. The van der Waals surface area contributed by atoms with Crippen LogP contribution in [0.15, 0.2) is 60.7 Å². The van der Waals surface area contributed by atoms with Crippen LogP contribution in [-0.2, 0) is 11.3 Å². The Hall–Kier alpha value is -2.95. The third-order valence-corrected chi connectivity index (χ3v) is 4.90. The van der Waals surface area contributed by atoms with Crippen molar-refractivity contribution in [3.63, 3.8) is 0 Å².